The van der Waals surface area contributed by atoms with Crippen LogP contribution in [-0.4, -0.2) is 40.1 Å². The van der Waals surface area contributed by atoms with Gasteiger partial charge in [0.05, 0.1) is 16.8 Å². The second-order valence-corrected chi connectivity index (χ2v) is 9.27. The number of nitrogens with zero attached hydrogens (tertiary/aromatic N) is 2. The van der Waals surface area contributed by atoms with E-state index in [9.17, 15) is 9.90 Å². The summed E-state index contributed by atoms with van der Waals surface area (Å²) in [5.41, 5.74) is 4.33. The number of aryl methyl sites for hydroxylation is 1. The zero-order valence-corrected chi connectivity index (χ0v) is 18.7. The van der Waals surface area contributed by atoms with E-state index in [0.29, 0.717) is 11.4 Å². The molecule has 3 aromatic rings. The molecule has 0 saturated carbocycles. The average molecular weight is 436 g/mol. The maximum absolute atomic E-state index is 12.7. The van der Waals surface area contributed by atoms with Gasteiger partial charge < -0.3 is 10.4 Å². The van der Waals surface area contributed by atoms with Crippen molar-refractivity contribution in [3.8, 4) is 0 Å². The maximum atomic E-state index is 12.7. The molecule has 1 fully saturated rings. The molecular formula is C25H29N3O2S. The van der Waals surface area contributed by atoms with Gasteiger partial charge in [0.15, 0.2) is 0 Å². The van der Waals surface area contributed by atoms with Crippen LogP contribution in [0.2, 0.25) is 0 Å². The Labute approximate surface area is 187 Å². The fourth-order valence-corrected chi connectivity index (χ4v) is 4.89. The zero-order chi connectivity index (χ0) is 21.6. The topological polar surface area (TPSA) is 65.5 Å². The number of aliphatic hydroxyl groups excluding tert-OH is 1. The number of rotatable bonds is 7. The minimum absolute atomic E-state index is 0.0646. The molecule has 6 heteroatoms. The highest BCUT2D eigenvalue weighted by atomic mass is 32.1. The summed E-state index contributed by atoms with van der Waals surface area (Å²) in [4.78, 5) is 20.4. The van der Waals surface area contributed by atoms with Crippen LogP contribution in [0.25, 0.3) is 0 Å². The Morgan fingerprint density at radius 1 is 1.06 bits per heavy atom. The molecule has 0 unspecified atom stereocenters. The third-order valence-corrected chi connectivity index (χ3v) is 6.84. The Morgan fingerprint density at radius 3 is 2.45 bits per heavy atom. The molecule has 31 heavy (non-hydrogen) atoms. The van der Waals surface area contributed by atoms with Gasteiger partial charge in [0.2, 0.25) is 0 Å². The van der Waals surface area contributed by atoms with Gasteiger partial charge in [-0.05, 0) is 36.5 Å². The minimum Gasteiger partial charge on any atom is -0.393 e. The summed E-state index contributed by atoms with van der Waals surface area (Å²) in [5, 5.41) is 13.6. The van der Waals surface area contributed by atoms with Gasteiger partial charge in [-0.25, -0.2) is 4.98 Å². The zero-order valence-electron chi connectivity index (χ0n) is 17.9. The van der Waals surface area contributed by atoms with E-state index in [1.807, 2.05) is 25.1 Å². The first-order valence-corrected chi connectivity index (χ1v) is 11.6. The van der Waals surface area contributed by atoms with E-state index in [1.54, 1.807) is 0 Å². The first-order valence-electron chi connectivity index (χ1n) is 10.8. The van der Waals surface area contributed by atoms with Crippen molar-refractivity contribution in [1.29, 1.82) is 0 Å². The highest BCUT2D eigenvalue weighted by molar-refractivity contribution is 7.13. The normalized spacial score (nSPS) is 15.2. The molecular weight excluding hydrogens is 406 g/mol. The lowest BCUT2D eigenvalue weighted by molar-refractivity contribution is 0.0792. The number of aromatic nitrogens is 1. The molecule has 1 amide bonds. The van der Waals surface area contributed by atoms with Crippen molar-refractivity contribution in [2.24, 2.45) is 0 Å². The monoisotopic (exact) mass is 435 g/mol. The Morgan fingerprint density at radius 2 is 1.74 bits per heavy atom. The summed E-state index contributed by atoms with van der Waals surface area (Å²) in [7, 11) is 0. The van der Waals surface area contributed by atoms with Crippen molar-refractivity contribution in [3.05, 3.63) is 86.9 Å². The van der Waals surface area contributed by atoms with E-state index in [-0.39, 0.29) is 12.0 Å². The van der Waals surface area contributed by atoms with Gasteiger partial charge in [-0.15, -0.1) is 11.3 Å². The fraction of sp³-hybridized carbons (Fsp3) is 0.360. The molecule has 1 aliphatic rings. The van der Waals surface area contributed by atoms with Crippen molar-refractivity contribution in [2.45, 2.75) is 45.4 Å². The van der Waals surface area contributed by atoms with Crippen LogP contribution in [0.3, 0.4) is 0 Å². The summed E-state index contributed by atoms with van der Waals surface area (Å²) in [5.74, 6) is -0.0646. The molecule has 4 rings (SSSR count). The number of benzene rings is 2. The number of hydrogen-bond acceptors (Lipinski definition) is 5. The number of piperidine rings is 1. The molecule has 162 valence electrons. The first kappa shape index (κ1) is 21.7. The van der Waals surface area contributed by atoms with Gasteiger partial charge in [-0.2, -0.15) is 0 Å². The Bertz CT molecular complexity index is 993. The smallest absolute Gasteiger partial charge is 0.263 e. The van der Waals surface area contributed by atoms with Gasteiger partial charge in [-0.3, -0.25) is 9.69 Å². The number of carbonyl (C=O) groups excluding carboxylic acids is 1. The van der Waals surface area contributed by atoms with Crippen LogP contribution in [0.1, 0.15) is 49.9 Å². The van der Waals surface area contributed by atoms with Gasteiger partial charge in [-0.1, -0.05) is 54.6 Å². The highest BCUT2D eigenvalue weighted by Gasteiger charge is 2.17. The van der Waals surface area contributed by atoms with E-state index >= 15 is 0 Å². The molecule has 1 aliphatic heterocycles. The molecule has 2 N–H and O–H groups in total. The second kappa shape index (κ2) is 10.2. The number of nitrogens with one attached hydrogen (secondary N) is 1. The van der Waals surface area contributed by atoms with Crippen LogP contribution in [0.5, 0.6) is 0 Å². The lowest BCUT2D eigenvalue weighted by Crippen LogP contribution is -2.35. The van der Waals surface area contributed by atoms with Crippen molar-refractivity contribution < 1.29 is 9.90 Å². The Hall–Kier alpha value is -2.54. The Balaban J connectivity index is 1.29. The standard InChI is InChI=1S/C25H29N3O2S/c1-18-24(31-23(27-18)15-19-5-3-2-4-6-19)25(30)26-16-20-7-9-21(10-8-20)17-28-13-11-22(29)12-14-28/h2-10,22,29H,11-17H2,1H3,(H,26,30). The van der Waals surface area contributed by atoms with Crippen molar-refractivity contribution in [2.75, 3.05) is 13.1 Å². The summed E-state index contributed by atoms with van der Waals surface area (Å²) in [6.45, 7) is 5.19. The molecule has 0 aliphatic carbocycles. The summed E-state index contributed by atoms with van der Waals surface area (Å²) >= 11 is 1.47. The number of amides is 1. The van der Waals surface area contributed by atoms with Gasteiger partial charge in [0.1, 0.15) is 4.88 Å². The summed E-state index contributed by atoms with van der Waals surface area (Å²) in [6, 6.07) is 18.6. The number of thiazole rings is 1. The molecule has 2 heterocycles. The number of likely N-dealkylation sites (tertiary alicyclic amines) is 1. The van der Waals surface area contributed by atoms with Gasteiger partial charge in [0.25, 0.3) is 5.91 Å². The first-order chi connectivity index (χ1) is 15.1. The lowest BCUT2D eigenvalue weighted by atomic mass is 10.1. The van der Waals surface area contributed by atoms with Gasteiger partial charge >= 0.3 is 0 Å². The van der Waals surface area contributed by atoms with Crippen LogP contribution in [0, 0.1) is 6.92 Å². The van der Waals surface area contributed by atoms with Crippen LogP contribution < -0.4 is 5.32 Å². The molecule has 0 atom stereocenters. The van der Waals surface area contributed by atoms with E-state index in [1.165, 1.54) is 22.5 Å². The van der Waals surface area contributed by atoms with Crippen LogP contribution in [0.15, 0.2) is 54.6 Å². The molecule has 1 aromatic heterocycles. The average Bonchev–Trinajstić information content (AvgIpc) is 3.15. The van der Waals surface area contributed by atoms with Crippen molar-refractivity contribution >= 4 is 17.2 Å². The van der Waals surface area contributed by atoms with Crippen LogP contribution in [-0.2, 0) is 19.5 Å². The largest absolute Gasteiger partial charge is 0.393 e. The quantitative estimate of drug-likeness (QED) is 0.590. The van der Waals surface area contributed by atoms with Crippen molar-refractivity contribution in [3.63, 3.8) is 0 Å². The molecule has 1 saturated heterocycles. The van der Waals surface area contributed by atoms with Crippen LogP contribution in [0.4, 0.5) is 0 Å². The van der Waals surface area contributed by atoms with E-state index in [0.717, 1.165) is 55.2 Å². The fourth-order valence-electron chi connectivity index (χ4n) is 3.87. The van der Waals surface area contributed by atoms with Crippen LogP contribution >= 0.6 is 11.3 Å². The third-order valence-electron chi connectivity index (χ3n) is 5.68. The molecule has 2 aromatic carbocycles. The molecule has 0 bridgehead atoms. The van der Waals surface area contributed by atoms with E-state index < -0.39 is 0 Å². The Kier molecular flexibility index (Phi) is 7.12. The molecule has 0 radical (unpaired) electrons. The highest BCUT2D eigenvalue weighted by Crippen LogP contribution is 2.21. The van der Waals surface area contributed by atoms with Crippen molar-refractivity contribution in [1.82, 2.24) is 15.2 Å². The van der Waals surface area contributed by atoms with E-state index in [2.05, 4.69) is 51.6 Å². The summed E-state index contributed by atoms with van der Waals surface area (Å²) < 4.78 is 0. The molecule has 0 spiro atoms. The minimum atomic E-state index is -0.140. The maximum Gasteiger partial charge on any atom is 0.263 e. The van der Waals surface area contributed by atoms with E-state index in [4.69, 9.17) is 0 Å². The molecule has 5 nitrogen and oxygen atoms in total. The number of carbonyl (C=O) groups is 1. The summed E-state index contributed by atoms with van der Waals surface area (Å²) in [6.07, 6.45) is 2.32. The second-order valence-electron chi connectivity index (χ2n) is 8.19. The predicted octanol–water partition coefficient (Wildman–Crippen LogP) is 3.93. The predicted molar refractivity (Wildman–Crippen MR) is 124 cm³/mol. The number of hydrogen-bond donors (Lipinski definition) is 2. The third kappa shape index (κ3) is 6.00. The SMILES string of the molecule is Cc1nc(Cc2ccccc2)sc1C(=O)NCc1ccc(CN2CCC(O)CC2)cc1. The van der Waals surface area contributed by atoms with Gasteiger partial charge in [0, 0.05) is 32.6 Å². The lowest BCUT2D eigenvalue weighted by Gasteiger charge is -2.29. The number of aliphatic hydroxyl groups is 1.